The third kappa shape index (κ3) is 4.87. The fourth-order valence-corrected chi connectivity index (χ4v) is 2.38. The van der Waals surface area contributed by atoms with Gasteiger partial charge in [-0.1, -0.05) is 18.2 Å². The van der Waals surface area contributed by atoms with Crippen LogP contribution in [0.15, 0.2) is 48.0 Å². The molecule has 2 aromatic rings. The summed E-state index contributed by atoms with van der Waals surface area (Å²) in [5, 5.41) is 12.2. The maximum Gasteiger partial charge on any atom is 0.266 e. The molecule has 1 amide bonds. The zero-order chi connectivity index (χ0) is 18.9. The quantitative estimate of drug-likeness (QED) is 0.596. The van der Waals surface area contributed by atoms with Crippen LogP contribution in [0.3, 0.4) is 0 Å². The number of hydrogen-bond donors (Lipinski definition) is 1. The topological polar surface area (TPSA) is 71.3 Å². The number of nitrogens with zero attached hydrogens (tertiary/aromatic N) is 1. The standard InChI is InChI=1S/C21H22N2O3/c1-4-25-18-11-10-16(20(13-18)26-5-2)12-17(14-22)21(24)23-19-9-7-6-8-15(19)3/h6-13H,4-5H2,1-3H3,(H,23,24)/b17-12-. The highest BCUT2D eigenvalue weighted by Crippen LogP contribution is 2.27. The van der Waals surface area contributed by atoms with Gasteiger partial charge in [0.25, 0.3) is 5.91 Å². The van der Waals surface area contributed by atoms with E-state index in [4.69, 9.17) is 9.47 Å². The van der Waals surface area contributed by atoms with Crippen LogP contribution in [0.4, 0.5) is 5.69 Å². The van der Waals surface area contributed by atoms with Gasteiger partial charge in [0, 0.05) is 17.3 Å². The van der Waals surface area contributed by atoms with Crippen LogP contribution < -0.4 is 14.8 Å². The largest absolute Gasteiger partial charge is 0.494 e. The minimum atomic E-state index is -0.460. The summed E-state index contributed by atoms with van der Waals surface area (Å²) in [4.78, 5) is 12.5. The van der Waals surface area contributed by atoms with Crippen LogP contribution >= 0.6 is 0 Å². The Morgan fingerprint density at radius 3 is 2.54 bits per heavy atom. The van der Waals surface area contributed by atoms with Crippen LogP contribution in [-0.4, -0.2) is 19.1 Å². The van der Waals surface area contributed by atoms with Gasteiger partial charge in [0.05, 0.1) is 13.2 Å². The first-order valence-corrected chi connectivity index (χ1v) is 8.47. The second-order valence-corrected chi connectivity index (χ2v) is 5.50. The smallest absolute Gasteiger partial charge is 0.266 e. The van der Waals surface area contributed by atoms with Gasteiger partial charge in [-0.05, 0) is 50.6 Å². The van der Waals surface area contributed by atoms with E-state index in [2.05, 4.69) is 5.32 Å². The number of anilines is 1. The number of nitriles is 1. The molecule has 26 heavy (non-hydrogen) atoms. The van der Waals surface area contributed by atoms with E-state index in [0.29, 0.717) is 36.0 Å². The third-order valence-corrected chi connectivity index (χ3v) is 3.65. The van der Waals surface area contributed by atoms with Gasteiger partial charge in [0.2, 0.25) is 0 Å². The van der Waals surface area contributed by atoms with Crippen LogP contribution in [0.5, 0.6) is 11.5 Å². The van der Waals surface area contributed by atoms with Crippen molar-refractivity contribution in [3.8, 4) is 17.6 Å². The first-order chi connectivity index (χ1) is 12.6. The number of carbonyl (C=O) groups is 1. The molecule has 0 saturated carbocycles. The molecule has 0 spiro atoms. The highest BCUT2D eigenvalue weighted by atomic mass is 16.5. The molecule has 134 valence electrons. The summed E-state index contributed by atoms with van der Waals surface area (Å²) >= 11 is 0. The summed E-state index contributed by atoms with van der Waals surface area (Å²) in [5.74, 6) is 0.781. The predicted octanol–water partition coefficient (Wildman–Crippen LogP) is 4.34. The van der Waals surface area contributed by atoms with Gasteiger partial charge in [0.15, 0.2) is 0 Å². The van der Waals surface area contributed by atoms with Crippen molar-refractivity contribution in [2.45, 2.75) is 20.8 Å². The van der Waals surface area contributed by atoms with Crippen molar-refractivity contribution < 1.29 is 14.3 Å². The van der Waals surface area contributed by atoms with Gasteiger partial charge in [-0.15, -0.1) is 0 Å². The molecule has 0 bridgehead atoms. The number of ether oxygens (including phenoxy) is 2. The van der Waals surface area contributed by atoms with Gasteiger partial charge in [0.1, 0.15) is 23.1 Å². The van der Waals surface area contributed by atoms with Gasteiger partial charge in [-0.3, -0.25) is 4.79 Å². The van der Waals surface area contributed by atoms with E-state index in [1.807, 2.05) is 45.0 Å². The number of hydrogen-bond acceptors (Lipinski definition) is 4. The molecular weight excluding hydrogens is 328 g/mol. The average Bonchev–Trinajstić information content (AvgIpc) is 2.63. The van der Waals surface area contributed by atoms with Gasteiger partial charge < -0.3 is 14.8 Å². The zero-order valence-corrected chi connectivity index (χ0v) is 15.2. The number of carbonyl (C=O) groups excluding carboxylic acids is 1. The summed E-state index contributed by atoms with van der Waals surface area (Å²) in [5.41, 5.74) is 2.25. The Labute approximate surface area is 153 Å². The number of rotatable bonds is 7. The second kappa shape index (κ2) is 9.28. The molecule has 0 aliphatic rings. The van der Waals surface area contributed by atoms with E-state index in [1.165, 1.54) is 6.08 Å². The number of aryl methyl sites for hydroxylation is 1. The molecule has 0 aliphatic carbocycles. The van der Waals surface area contributed by atoms with Crippen molar-refractivity contribution in [1.82, 2.24) is 0 Å². The minimum Gasteiger partial charge on any atom is -0.494 e. The first kappa shape index (κ1) is 19.1. The van der Waals surface area contributed by atoms with Crippen LogP contribution in [0.2, 0.25) is 0 Å². The molecule has 0 radical (unpaired) electrons. The summed E-state index contributed by atoms with van der Waals surface area (Å²) in [7, 11) is 0. The number of nitrogens with one attached hydrogen (secondary N) is 1. The first-order valence-electron chi connectivity index (χ1n) is 8.47. The normalized spacial score (nSPS) is 10.8. The zero-order valence-electron chi connectivity index (χ0n) is 15.2. The van der Waals surface area contributed by atoms with Gasteiger partial charge >= 0.3 is 0 Å². The fraction of sp³-hybridized carbons (Fsp3) is 0.238. The Bertz CT molecular complexity index is 851. The molecule has 5 nitrogen and oxygen atoms in total. The van der Waals surface area contributed by atoms with Crippen molar-refractivity contribution >= 4 is 17.7 Å². The second-order valence-electron chi connectivity index (χ2n) is 5.50. The van der Waals surface area contributed by atoms with Crippen LogP contribution in [-0.2, 0) is 4.79 Å². The van der Waals surface area contributed by atoms with E-state index >= 15 is 0 Å². The lowest BCUT2D eigenvalue weighted by Gasteiger charge is -2.11. The lowest BCUT2D eigenvalue weighted by molar-refractivity contribution is -0.112. The molecule has 1 N–H and O–H groups in total. The Balaban J connectivity index is 2.31. The predicted molar refractivity (Wildman–Crippen MR) is 102 cm³/mol. The Morgan fingerprint density at radius 2 is 1.88 bits per heavy atom. The van der Waals surface area contributed by atoms with Crippen LogP contribution in [0.1, 0.15) is 25.0 Å². The molecule has 0 aliphatic heterocycles. The molecular formula is C21H22N2O3. The third-order valence-electron chi connectivity index (χ3n) is 3.65. The average molecular weight is 350 g/mol. The minimum absolute atomic E-state index is 0.00151. The highest BCUT2D eigenvalue weighted by Gasteiger charge is 2.13. The Morgan fingerprint density at radius 1 is 1.15 bits per heavy atom. The molecule has 0 aromatic heterocycles. The van der Waals surface area contributed by atoms with E-state index in [1.54, 1.807) is 24.3 Å². The maximum absolute atomic E-state index is 12.5. The Hall–Kier alpha value is -3.26. The summed E-state index contributed by atoms with van der Waals surface area (Å²) in [6, 6.07) is 14.7. The molecule has 0 atom stereocenters. The molecule has 0 heterocycles. The molecule has 0 unspecified atom stereocenters. The molecule has 5 heteroatoms. The summed E-state index contributed by atoms with van der Waals surface area (Å²) in [6.45, 7) is 6.68. The summed E-state index contributed by atoms with van der Waals surface area (Å²) < 4.78 is 11.1. The number of benzene rings is 2. The van der Waals surface area contributed by atoms with E-state index in [9.17, 15) is 10.1 Å². The number of para-hydroxylation sites is 1. The SMILES string of the molecule is CCOc1ccc(/C=C(/C#N)C(=O)Nc2ccccc2C)c(OCC)c1. The molecule has 2 aromatic carbocycles. The van der Waals surface area contributed by atoms with Gasteiger partial charge in [-0.25, -0.2) is 0 Å². The van der Waals surface area contributed by atoms with Gasteiger partial charge in [-0.2, -0.15) is 5.26 Å². The molecule has 0 saturated heterocycles. The highest BCUT2D eigenvalue weighted by molar-refractivity contribution is 6.10. The maximum atomic E-state index is 12.5. The van der Waals surface area contributed by atoms with Crippen molar-refractivity contribution in [3.05, 3.63) is 59.2 Å². The lowest BCUT2D eigenvalue weighted by Crippen LogP contribution is -2.14. The van der Waals surface area contributed by atoms with E-state index < -0.39 is 5.91 Å². The van der Waals surface area contributed by atoms with Crippen molar-refractivity contribution in [1.29, 1.82) is 5.26 Å². The van der Waals surface area contributed by atoms with E-state index in [-0.39, 0.29) is 5.57 Å². The van der Waals surface area contributed by atoms with Crippen molar-refractivity contribution in [2.24, 2.45) is 0 Å². The monoisotopic (exact) mass is 350 g/mol. The fourth-order valence-electron chi connectivity index (χ4n) is 2.38. The Kier molecular flexibility index (Phi) is 6.81. The van der Waals surface area contributed by atoms with Crippen molar-refractivity contribution in [2.75, 3.05) is 18.5 Å². The van der Waals surface area contributed by atoms with Crippen molar-refractivity contribution in [3.63, 3.8) is 0 Å². The molecule has 2 rings (SSSR count). The van der Waals surface area contributed by atoms with Crippen LogP contribution in [0.25, 0.3) is 6.08 Å². The van der Waals surface area contributed by atoms with Crippen LogP contribution in [0, 0.1) is 18.3 Å². The lowest BCUT2D eigenvalue weighted by atomic mass is 10.1. The van der Waals surface area contributed by atoms with E-state index in [0.717, 1.165) is 5.56 Å². The number of amides is 1. The molecule has 0 fully saturated rings. The summed E-state index contributed by atoms with van der Waals surface area (Å²) in [6.07, 6.45) is 1.52.